The van der Waals surface area contributed by atoms with Gasteiger partial charge in [-0.3, -0.25) is 0 Å². The van der Waals surface area contributed by atoms with Gasteiger partial charge in [-0.2, -0.15) is 0 Å². The SMILES string of the molecule is CC(C)(C)C(N)CSc1ncnc2ccccc12. The van der Waals surface area contributed by atoms with Crippen molar-refractivity contribution in [3.05, 3.63) is 30.6 Å². The lowest BCUT2D eigenvalue weighted by molar-refractivity contribution is 0.344. The lowest BCUT2D eigenvalue weighted by atomic mass is 9.89. The van der Waals surface area contributed by atoms with Gasteiger partial charge in [0.15, 0.2) is 0 Å². The fourth-order valence-corrected chi connectivity index (χ4v) is 2.80. The molecule has 0 aliphatic carbocycles. The second-order valence-corrected chi connectivity index (χ2v) is 6.49. The Hall–Kier alpha value is -1.13. The van der Waals surface area contributed by atoms with E-state index in [4.69, 9.17) is 5.73 Å². The first-order chi connectivity index (χ1) is 8.48. The summed E-state index contributed by atoms with van der Waals surface area (Å²) in [6.45, 7) is 6.49. The van der Waals surface area contributed by atoms with Crippen LogP contribution < -0.4 is 5.73 Å². The Morgan fingerprint density at radius 1 is 1.22 bits per heavy atom. The van der Waals surface area contributed by atoms with Gasteiger partial charge in [-0.15, -0.1) is 11.8 Å². The first kappa shape index (κ1) is 13.3. The number of benzene rings is 1. The minimum absolute atomic E-state index is 0.121. The number of fused-ring (bicyclic) bond motifs is 1. The van der Waals surface area contributed by atoms with Crippen molar-refractivity contribution < 1.29 is 0 Å². The van der Waals surface area contributed by atoms with E-state index in [0.717, 1.165) is 21.7 Å². The molecule has 0 amide bonds. The number of nitrogens with zero attached hydrogens (tertiary/aromatic N) is 2. The van der Waals surface area contributed by atoms with E-state index in [0.29, 0.717) is 0 Å². The molecule has 2 aromatic rings. The van der Waals surface area contributed by atoms with E-state index < -0.39 is 0 Å². The van der Waals surface area contributed by atoms with Gasteiger partial charge in [-0.05, 0) is 11.5 Å². The number of rotatable bonds is 3. The van der Waals surface area contributed by atoms with Crippen LogP contribution in [0.5, 0.6) is 0 Å². The zero-order chi connectivity index (χ0) is 13.2. The Kier molecular flexibility index (Phi) is 3.88. The summed E-state index contributed by atoms with van der Waals surface area (Å²) in [7, 11) is 0. The Morgan fingerprint density at radius 2 is 1.94 bits per heavy atom. The average Bonchev–Trinajstić information content (AvgIpc) is 2.34. The highest BCUT2D eigenvalue weighted by molar-refractivity contribution is 7.99. The maximum atomic E-state index is 6.18. The van der Waals surface area contributed by atoms with E-state index in [-0.39, 0.29) is 11.5 Å². The Balaban J connectivity index is 2.18. The third kappa shape index (κ3) is 3.00. The van der Waals surface area contributed by atoms with Crippen LogP contribution in [0, 0.1) is 5.41 Å². The summed E-state index contributed by atoms with van der Waals surface area (Å²) in [6.07, 6.45) is 1.62. The van der Waals surface area contributed by atoms with Crippen LogP contribution in [-0.4, -0.2) is 21.8 Å². The van der Waals surface area contributed by atoms with Gasteiger partial charge >= 0.3 is 0 Å². The van der Waals surface area contributed by atoms with Crippen LogP contribution in [-0.2, 0) is 0 Å². The van der Waals surface area contributed by atoms with Crippen molar-refractivity contribution >= 4 is 22.7 Å². The molecule has 0 aliphatic heterocycles. The number of thioether (sulfide) groups is 1. The molecule has 1 aromatic carbocycles. The molecule has 0 radical (unpaired) electrons. The van der Waals surface area contributed by atoms with Crippen molar-refractivity contribution in [2.24, 2.45) is 11.1 Å². The molecular weight excluding hydrogens is 242 g/mol. The maximum Gasteiger partial charge on any atom is 0.117 e. The van der Waals surface area contributed by atoms with Gasteiger partial charge in [-0.25, -0.2) is 9.97 Å². The number of para-hydroxylation sites is 1. The van der Waals surface area contributed by atoms with Gasteiger partial charge < -0.3 is 5.73 Å². The van der Waals surface area contributed by atoms with Gasteiger partial charge in [0.1, 0.15) is 11.4 Å². The molecule has 1 atom stereocenters. The molecular formula is C14H19N3S. The summed E-state index contributed by atoms with van der Waals surface area (Å²) in [6, 6.07) is 8.21. The van der Waals surface area contributed by atoms with Crippen LogP contribution in [0.3, 0.4) is 0 Å². The number of hydrogen-bond donors (Lipinski definition) is 1. The highest BCUT2D eigenvalue weighted by atomic mass is 32.2. The smallest absolute Gasteiger partial charge is 0.117 e. The van der Waals surface area contributed by atoms with Gasteiger partial charge in [0, 0.05) is 17.2 Å². The standard InChI is InChI=1S/C14H19N3S/c1-14(2,3)12(15)8-18-13-10-6-4-5-7-11(10)16-9-17-13/h4-7,9,12H,8,15H2,1-3H3. The first-order valence-corrected chi connectivity index (χ1v) is 7.05. The molecule has 4 heteroatoms. The fraction of sp³-hybridized carbons (Fsp3) is 0.429. The molecule has 1 unspecified atom stereocenters. The van der Waals surface area contributed by atoms with Crippen LogP contribution in [0.2, 0.25) is 0 Å². The molecule has 2 rings (SSSR count). The summed E-state index contributed by atoms with van der Waals surface area (Å²) < 4.78 is 0. The van der Waals surface area contributed by atoms with Crippen LogP contribution in [0.4, 0.5) is 0 Å². The highest BCUT2D eigenvalue weighted by Crippen LogP contribution is 2.28. The minimum Gasteiger partial charge on any atom is -0.326 e. The predicted molar refractivity (Wildman–Crippen MR) is 77.7 cm³/mol. The quantitative estimate of drug-likeness (QED) is 0.681. The minimum atomic E-state index is 0.121. The summed E-state index contributed by atoms with van der Waals surface area (Å²) in [5, 5.41) is 2.12. The molecule has 2 N–H and O–H groups in total. The lowest BCUT2D eigenvalue weighted by Crippen LogP contribution is -2.37. The Morgan fingerprint density at radius 3 is 2.67 bits per heavy atom. The molecule has 0 fully saturated rings. The summed E-state index contributed by atoms with van der Waals surface area (Å²) in [5.41, 5.74) is 7.28. The molecule has 0 saturated carbocycles. The largest absolute Gasteiger partial charge is 0.326 e. The van der Waals surface area contributed by atoms with Crippen LogP contribution in [0.25, 0.3) is 10.9 Å². The zero-order valence-electron chi connectivity index (χ0n) is 11.1. The predicted octanol–water partition coefficient (Wildman–Crippen LogP) is 3.10. The van der Waals surface area contributed by atoms with E-state index in [2.05, 4.69) is 36.8 Å². The summed E-state index contributed by atoms with van der Waals surface area (Å²) in [4.78, 5) is 8.62. The topological polar surface area (TPSA) is 51.8 Å². The van der Waals surface area contributed by atoms with Crippen molar-refractivity contribution in [2.45, 2.75) is 31.8 Å². The third-order valence-electron chi connectivity index (χ3n) is 3.02. The number of hydrogen-bond acceptors (Lipinski definition) is 4. The summed E-state index contributed by atoms with van der Waals surface area (Å²) in [5.74, 6) is 0.866. The molecule has 96 valence electrons. The van der Waals surface area contributed by atoms with Gasteiger partial charge in [0.25, 0.3) is 0 Å². The number of aromatic nitrogens is 2. The summed E-state index contributed by atoms with van der Waals surface area (Å²) >= 11 is 1.71. The van der Waals surface area contributed by atoms with Crippen molar-refractivity contribution in [3.8, 4) is 0 Å². The van der Waals surface area contributed by atoms with Crippen molar-refractivity contribution in [3.63, 3.8) is 0 Å². The van der Waals surface area contributed by atoms with Crippen molar-refractivity contribution in [2.75, 3.05) is 5.75 Å². The van der Waals surface area contributed by atoms with E-state index in [1.165, 1.54) is 0 Å². The van der Waals surface area contributed by atoms with E-state index in [9.17, 15) is 0 Å². The van der Waals surface area contributed by atoms with Gasteiger partial charge in [0.2, 0.25) is 0 Å². The van der Waals surface area contributed by atoms with Crippen LogP contribution in [0.1, 0.15) is 20.8 Å². The van der Waals surface area contributed by atoms with E-state index in [1.54, 1.807) is 18.1 Å². The average molecular weight is 261 g/mol. The Bertz CT molecular complexity index is 529. The first-order valence-electron chi connectivity index (χ1n) is 6.06. The zero-order valence-corrected chi connectivity index (χ0v) is 11.9. The van der Waals surface area contributed by atoms with Crippen LogP contribution >= 0.6 is 11.8 Å². The third-order valence-corrected chi connectivity index (χ3v) is 4.14. The lowest BCUT2D eigenvalue weighted by Gasteiger charge is -2.26. The van der Waals surface area contributed by atoms with Gasteiger partial charge in [-0.1, -0.05) is 39.0 Å². The highest BCUT2D eigenvalue weighted by Gasteiger charge is 2.21. The fourth-order valence-electron chi connectivity index (χ4n) is 1.51. The molecule has 0 spiro atoms. The van der Waals surface area contributed by atoms with E-state index >= 15 is 0 Å². The van der Waals surface area contributed by atoms with Crippen molar-refractivity contribution in [1.82, 2.24) is 9.97 Å². The monoisotopic (exact) mass is 261 g/mol. The molecule has 3 nitrogen and oxygen atoms in total. The van der Waals surface area contributed by atoms with E-state index in [1.807, 2.05) is 18.2 Å². The molecule has 18 heavy (non-hydrogen) atoms. The molecule has 0 aliphatic rings. The molecule has 1 heterocycles. The number of nitrogens with two attached hydrogens (primary N) is 1. The van der Waals surface area contributed by atoms with Crippen LogP contribution in [0.15, 0.2) is 35.6 Å². The Labute approximate surface area is 112 Å². The van der Waals surface area contributed by atoms with Crippen molar-refractivity contribution in [1.29, 1.82) is 0 Å². The normalized spacial score (nSPS) is 13.8. The maximum absolute atomic E-state index is 6.18. The molecule has 1 aromatic heterocycles. The van der Waals surface area contributed by atoms with Gasteiger partial charge in [0.05, 0.1) is 5.52 Å². The second-order valence-electron chi connectivity index (χ2n) is 5.48. The molecule has 0 bridgehead atoms. The second kappa shape index (κ2) is 5.24. The molecule has 0 saturated heterocycles.